The Morgan fingerprint density at radius 2 is 2.31 bits per heavy atom. The first-order valence-corrected chi connectivity index (χ1v) is 8.20. The van der Waals surface area contributed by atoms with Gasteiger partial charge in [-0.3, -0.25) is 0 Å². The fourth-order valence-electron chi connectivity index (χ4n) is 2.10. The SMILES string of the molecule is CCc1ccc(C(N)C2CCS(=O)(=O)C2)s1. The second-order valence-electron chi connectivity index (χ2n) is 4.35. The predicted octanol–water partition coefficient (Wildman–Crippen LogP) is 1.75. The standard InChI is InChI=1S/C11H17NO2S2/c1-2-9-3-4-10(15-9)11(12)8-5-6-16(13,14)7-8/h3-4,8,11H,2,5-7,12H2,1H3. The van der Waals surface area contributed by atoms with Crippen molar-refractivity contribution in [2.24, 2.45) is 11.7 Å². The quantitative estimate of drug-likeness (QED) is 0.899. The first kappa shape index (κ1) is 12.1. The average Bonchev–Trinajstić information content (AvgIpc) is 2.83. The van der Waals surface area contributed by atoms with Crippen LogP contribution in [0.3, 0.4) is 0 Å². The van der Waals surface area contributed by atoms with E-state index in [0.29, 0.717) is 12.2 Å². The van der Waals surface area contributed by atoms with Gasteiger partial charge in [-0.2, -0.15) is 0 Å². The van der Waals surface area contributed by atoms with E-state index in [9.17, 15) is 8.42 Å². The highest BCUT2D eigenvalue weighted by molar-refractivity contribution is 7.91. The number of sulfone groups is 1. The van der Waals surface area contributed by atoms with Gasteiger partial charge in [-0.25, -0.2) is 8.42 Å². The van der Waals surface area contributed by atoms with E-state index in [1.165, 1.54) is 4.88 Å². The Morgan fingerprint density at radius 3 is 2.81 bits per heavy atom. The minimum atomic E-state index is -2.82. The Hall–Kier alpha value is -0.390. The highest BCUT2D eigenvalue weighted by Gasteiger charge is 2.33. The van der Waals surface area contributed by atoms with Crippen LogP contribution in [0.25, 0.3) is 0 Å². The predicted molar refractivity (Wildman–Crippen MR) is 67.4 cm³/mol. The molecule has 0 aliphatic carbocycles. The fourth-order valence-corrected chi connectivity index (χ4v) is 5.01. The Bertz CT molecular complexity index is 464. The molecule has 1 saturated heterocycles. The van der Waals surface area contributed by atoms with Crippen molar-refractivity contribution in [1.29, 1.82) is 0 Å². The third kappa shape index (κ3) is 2.47. The van der Waals surface area contributed by atoms with Gasteiger partial charge >= 0.3 is 0 Å². The van der Waals surface area contributed by atoms with Gasteiger partial charge in [-0.15, -0.1) is 11.3 Å². The molecule has 0 radical (unpaired) electrons. The van der Waals surface area contributed by atoms with Gasteiger partial charge in [0.1, 0.15) is 0 Å². The summed E-state index contributed by atoms with van der Waals surface area (Å²) < 4.78 is 22.8. The van der Waals surface area contributed by atoms with E-state index in [-0.39, 0.29) is 17.7 Å². The molecule has 1 fully saturated rings. The third-order valence-electron chi connectivity index (χ3n) is 3.13. The van der Waals surface area contributed by atoms with Gasteiger partial charge in [0.05, 0.1) is 11.5 Å². The lowest BCUT2D eigenvalue weighted by Crippen LogP contribution is -2.21. The van der Waals surface area contributed by atoms with Gasteiger partial charge in [0, 0.05) is 15.8 Å². The number of hydrogen-bond donors (Lipinski definition) is 1. The maximum atomic E-state index is 11.4. The number of hydrogen-bond acceptors (Lipinski definition) is 4. The smallest absolute Gasteiger partial charge is 0.150 e. The van der Waals surface area contributed by atoms with Crippen LogP contribution in [0, 0.1) is 5.92 Å². The van der Waals surface area contributed by atoms with E-state index in [0.717, 1.165) is 11.3 Å². The molecule has 16 heavy (non-hydrogen) atoms. The van der Waals surface area contributed by atoms with E-state index in [1.54, 1.807) is 11.3 Å². The molecule has 0 aromatic carbocycles. The molecule has 0 spiro atoms. The number of thiophene rings is 1. The summed E-state index contributed by atoms with van der Waals surface area (Å²) in [5.41, 5.74) is 6.14. The molecule has 0 bridgehead atoms. The molecule has 3 nitrogen and oxygen atoms in total. The summed E-state index contributed by atoms with van der Waals surface area (Å²) in [6.07, 6.45) is 1.73. The molecule has 0 amide bonds. The summed E-state index contributed by atoms with van der Waals surface area (Å²) in [5.74, 6) is 0.665. The minimum absolute atomic E-state index is 0.105. The molecule has 2 heterocycles. The second kappa shape index (κ2) is 4.47. The van der Waals surface area contributed by atoms with Crippen molar-refractivity contribution in [3.8, 4) is 0 Å². The van der Waals surface area contributed by atoms with Gasteiger partial charge in [-0.05, 0) is 30.9 Å². The van der Waals surface area contributed by atoms with Crippen molar-refractivity contribution in [3.63, 3.8) is 0 Å². The van der Waals surface area contributed by atoms with Crippen molar-refractivity contribution >= 4 is 21.2 Å². The number of nitrogens with two attached hydrogens (primary N) is 1. The van der Waals surface area contributed by atoms with Gasteiger partial charge in [-0.1, -0.05) is 6.92 Å². The van der Waals surface area contributed by atoms with Crippen molar-refractivity contribution in [2.75, 3.05) is 11.5 Å². The Labute approximate surface area is 101 Å². The van der Waals surface area contributed by atoms with Gasteiger partial charge in [0.15, 0.2) is 9.84 Å². The van der Waals surface area contributed by atoms with Crippen molar-refractivity contribution in [2.45, 2.75) is 25.8 Å². The Morgan fingerprint density at radius 1 is 1.56 bits per heavy atom. The molecule has 1 aliphatic rings. The van der Waals surface area contributed by atoms with Crippen LogP contribution in [0.2, 0.25) is 0 Å². The molecule has 5 heteroatoms. The number of aryl methyl sites for hydroxylation is 1. The monoisotopic (exact) mass is 259 g/mol. The lowest BCUT2D eigenvalue weighted by atomic mass is 9.99. The van der Waals surface area contributed by atoms with Crippen LogP contribution in [0.1, 0.15) is 29.1 Å². The molecule has 2 N–H and O–H groups in total. The van der Waals surface area contributed by atoms with E-state index in [2.05, 4.69) is 13.0 Å². The van der Waals surface area contributed by atoms with Crippen molar-refractivity contribution in [3.05, 3.63) is 21.9 Å². The van der Waals surface area contributed by atoms with Crippen LogP contribution >= 0.6 is 11.3 Å². The zero-order chi connectivity index (χ0) is 11.8. The van der Waals surface area contributed by atoms with E-state index in [1.807, 2.05) is 6.07 Å². The zero-order valence-corrected chi connectivity index (χ0v) is 11.0. The summed E-state index contributed by atoms with van der Waals surface area (Å²) in [6.45, 7) is 2.11. The third-order valence-corrected chi connectivity index (χ3v) is 6.26. The molecule has 2 atom stereocenters. The lowest BCUT2D eigenvalue weighted by Gasteiger charge is -2.15. The minimum Gasteiger partial charge on any atom is -0.323 e. The Kier molecular flexibility index (Phi) is 3.37. The van der Waals surface area contributed by atoms with Gasteiger partial charge in [0.2, 0.25) is 0 Å². The summed E-state index contributed by atoms with van der Waals surface area (Å²) in [6, 6.07) is 4.02. The normalized spacial score (nSPS) is 25.8. The molecular formula is C11H17NO2S2. The molecular weight excluding hydrogens is 242 g/mol. The van der Waals surface area contributed by atoms with Crippen LogP contribution in [0.5, 0.6) is 0 Å². The van der Waals surface area contributed by atoms with E-state index >= 15 is 0 Å². The lowest BCUT2D eigenvalue weighted by molar-refractivity contribution is 0.486. The second-order valence-corrected chi connectivity index (χ2v) is 7.78. The highest BCUT2D eigenvalue weighted by atomic mass is 32.2. The van der Waals surface area contributed by atoms with Gasteiger partial charge < -0.3 is 5.73 Å². The molecule has 90 valence electrons. The molecule has 1 aromatic rings. The van der Waals surface area contributed by atoms with E-state index < -0.39 is 9.84 Å². The first-order chi connectivity index (χ1) is 7.52. The van der Waals surface area contributed by atoms with Crippen molar-refractivity contribution in [1.82, 2.24) is 0 Å². The maximum absolute atomic E-state index is 11.4. The largest absolute Gasteiger partial charge is 0.323 e. The molecule has 2 rings (SSSR count). The Balaban J connectivity index is 2.11. The van der Waals surface area contributed by atoms with E-state index in [4.69, 9.17) is 5.73 Å². The maximum Gasteiger partial charge on any atom is 0.150 e. The van der Waals surface area contributed by atoms with Crippen molar-refractivity contribution < 1.29 is 8.42 Å². The fraction of sp³-hybridized carbons (Fsp3) is 0.636. The van der Waals surface area contributed by atoms with Crippen LogP contribution in [0.4, 0.5) is 0 Å². The van der Waals surface area contributed by atoms with Crippen LogP contribution in [-0.2, 0) is 16.3 Å². The van der Waals surface area contributed by atoms with Crippen LogP contribution in [-0.4, -0.2) is 19.9 Å². The topological polar surface area (TPSA) is 60.2 Å². The molecule has 1 aromatic heterocycles. The van der Waals surface area contributed by atoms with Crippen LogP contribution < -0.4 is 5.73 Å². The highest BCUT2D eigenvalue weighted by Crippen LogP contribution is 2.33. The summed E-state index contributed by atoms with van der Waals surface area (Å²) in [5, 5.41) is 0. The molecule has 1 aliphatic heterocycles. The van der Waals surface area contributed by atoms with Crippen LogP contribution in [0.15, 0.2) is 12.1 Å². The molecule has 0 saturated carbocycles. The average molecular weight is 259 g/mol. The molecule has 2 unspecified atom stereocenters. The summed E-state index contributed by atoms with van der Waals surface area (Å²) in [4.78, 5) is 2.44. The number of rotatable bonds is 3. The summed E-state index contributed by atoms with van der Waals surface area (Å²) in [7, 11) is -2.82. The van der Waals surface area contributed by atoms with Gasteiger partial charge in [0.25, 0.3) is 0 Å². The first-order valence-electron chi connectivity index (χ1n) is 5.56. The zero-order valence-electron chi connectivity index (χ0n) is 9.35. The summed E-state index contributed by atoms with van der Waals surface area (Å²) >= 11 is 1.71.